The fourth-order valence-electron chi connectivity index (χ4n) is 0.995. The molecule has 0 amide bonds. The number of nitrogens with zero attached hydrogens (tertiary/aromatic N) is 1. The monoisotopic (exact) mass is 162 g/mol. The summed E-state index contributed by atoms with van der Waals surface area (Å²) >= 11 is 0. The van der Waals surface area contributed by atoms with E-state index in [0.717, 1.165) is 5.56 Å². The molecule has 12 heavy (non-hydrogen) atoms. The number of nitrogens with two attached hydrogens (primary N) is 1. The molecular formula is C10H14N2. The van der Waals surface area contributed by atoms with Crippen molar-refractivity contribution in [1.29, 1.82) is 0 Å². The second kappa shape index (κ2) is 3.81. The zero-order valence-electron chi connectivity index (χ0n) is 7.49. The van der Waals surface area contributed by atoms with Crippen LogP contribution >= 0.6 is 0 Å². The number of hydrogen-bond acceptors (Lipinski definition) is 2. The molecule has 1 aromatic carbocycles. The number of anilines is 1. The molecule has 2 heteroatoms. The van der Waals surface area contributed by atoms with Gasteiger partial charge < -0.3 is 10.6 Å². The normalized spacial score (nSPS) is 10.5. The number of hydrogen-bond donors (Lipinski definition) is 1. The van der Waals surface area contributed by atoms with Gasteiger partial charge in [0.2, 0.25) is 0 Å². The molecule has 0 unspecified atom stereocenters. The van der Waals surface area contributed by atoms with Gasteiger partial charge in [0.05, 0.1) is 0 Å². The molecule has 2 nitrogen and oxygen atoms in total. The van der Waals surface area contributed by atoms with Crippen molar-refractivity contribution in [1.82, 2.24) is 0 Å². The summed E-state index contributed by atoms with van der Waals surface area (Å²) in [5, 5.41) is 0. The highest BCUT2D eigenvalue weighted by Gasteiger charge is 1.92. The minimum atomic E-state index is 1.13. The summed E-state index contributed by atoms with van der Waals surface area (Å²) in [5.74, 6) is 0. The van der Waals surface area contributed by atoms with Gasteiger partial charge in [0.1, 0.15) is 0 Å². The van der Waals surface area contributed by atoms with E-state index in [4.69, 9.17) is 5.73 Å². The van der Waals surface area contributed by atoms with Crippen LogP contribution in [0.3, 0.4) is 0 Å². The van der Waals surface area contributed by atoms with Crippen molar-refractivity contribution < 1.29 is 0 Å². The first-order chi connectivity index (χ1) is 5.74. The number of rotatable bonds is 2. The van der Waals surface area contributed by atoms with Crippen LogP contribution in [0, 0.1) is 0 Å². The van der Waals surface area contributed by atoms with Gasteiger partial charge >= 0.3 is 0 Å². The lowest BCUT2D eigenvalue weighted by molar-refractivity contribution is 1.13. The second-order valence-electron chi connectivity index (χ2n) is 2.85. The molecule has 0 heterocycles. The molecule has 0 atom stereocenters. The van der Waals surface area contributed by atoms with E-state index in [1.165, 1.54) is 5.69 Å². The molecule has 0 aliphatic carbocycles. The average molecular weight is 162 g/mol. The fraction of sp³-hybridized carbons (Fsp3) is 0.200. The highest BCUT2D eigenvalue weighted by atomic mass is 15.1. The third-order valence-electron chi connectivity index (χ3n) is 1.70. The Bertz CT molecular complexity index is 260. The SMILES string of the molecule is CN(C)c1ccc(C=CN)cc1. The van der Waals surface area contributed by atoms with Gasteiger partial charge in [-0.3, -0.25) is 0 Å². The van der Waals surface area contributed by atoms with Crippen molar-refractivity contribution in [3.8, 4) is 0 Å². The molecule has 0 bridgehead atoms. The summed E-state index contributed by atoms with van der Waals surface area (Å²) in [4.78, 5) is 2.07. The highest BCUT2D eigenvalue weighted by Crippen LogP contribution is 2.12. The van der Waals surface area contributed by atoms with Crippen LogP contribution in [0.25, 0.3) is 6.08 Å². The molecule has 0 aliphatic heterocycles. The van der Waals surface area contributed by atoms with E-state index >= 15 is 0 Å². The molecule has 0 saturated heterocycles. The molecule has 1 aromatic rings. The Morgan fingerprint density at radius 2 is 1.75 bits per heavy atom. The highest BCUT2D eigenvalue weighted by molar-refractivity contribution is 5.55. The summed E-state index contributed by atoms with van der Waals surface area (Å²) in [6.07, 6.45) is 3.42. The lowest BCUT2D eigenvalue weighted by atomic mass is 10.2. The van der Waals surface area contributed by atoms with Gasteiger partial charge in [-0.15, -0.1) is 0 Å². The van der Waals surface area contributed by atoms with Gasteiger partial charge in [-0.2, -0.15) is 0 Å². The minimum absolute atomic E-state index is 1.13. The maximum absolute atomic E-state index is 5.27. The minimum Gasteiger partial charge on any atom is -0.405 e. The van der Waals surface area contributed by atoms with Crippen LogP contribution in [0.15, 0.2) is 30.5 Å². The van der Waals surface area contributed by atoms with Crippen LogP contribution in [0.4, 0.5) is 5.69 Å². The van der Waals surface area contributed by atoms with Crippen molar-refractivity contribution in [2.75, 3.05) is 19.0 Å². The fourth-order valence-corrected chi connectivity index (χ4v) is 0.995. The van der Waals surface area contributed by atoms with E-state index in [9.17, 15) is 0 Å². The van der Waals surface area contributed by atoms with E-state index in [-0.39, 0.29) is 0 Å². The summed E-state index contributed by atoms with van der Waals surface area (Å²) < 4.78 is 0. The summed E-state index contributed by atoms with van der Waals surface area (Å²) in [6.45, 7) is 0. The Labute approximate surface area is 73.3 Å². The Balaban J connectivity index is 2.85. The average Bonchev–Trinajstić information content (AvgIpc) is 2.06. The Morgan fingerprint density at radius 1 is 1.17 bits per heavy atom. The van der Waals surface area contributed by atoms with Crippen LogP contribution in [-0.4, -0.2) is 14.1 Å². The number of benzene rings is 1. The third-order valence-corrected chi connectivity index (χ3v) is 1.70. The molecule has 0 radical (unpaired) electrons. The first kappa shape index (κ1) is 8.65. The molecule has 0 aromatic heterocycles. The quantitative estimate of drug-likeness (QED) is 0.717. The van der Waals surface area contributed by atoms with Gasteiger partial charge in [-0.05, 0) is 30.0 Å². The first-order valence-corrected chi connectivity index (χ1v) is 3.89. The summed E-state index contributed by atoms with van der Waals surface area (Å²) in [5.41, 5.74) is 7.59. The summed E-state index contributed by atoms with van der Waals surface area (Å²) in [6, 6.07) is 8.21. The van der Waals surface area contributed by atoms with Gasteiger partial charge in [-0.25, -0.2) is 0 Å². The molecule has 64 valence electrons. The standard InChI is InChI=1S/C10H14N2/c1-12(2)10-5-3-9(4-6-10)7-8-11/h3-8H,11H2,1-2H3. The van der Waals surface area contributed by atoms with Crippen LogP contribution < -0.4 is 10.6 Å². The van der Waals surface area contributed by atoms with Gasteiger partial charge in [0, 0.05) is 19.8 Å². The van der Waals surface area contributed by atoms with E-state index in [1.807, 2.05) is 32.3 Å². The van der Waals surface area contributed by atoms with Crippen LogP contribution in [0.5, 0.6) is 0 Å². The van der Waals surface area contributed by atoms with E-state index in [1.54, 1.807) is 6.20 Å². The lowest BCUT2D eigenvalue weighted by Crippen LogP contribution is -2.07. The van der Waals surface area contributed by atoms with E-state index in [2.05, 4.69) is 17.0 Å². The predicted octanol–water partition coefficient (Wildman–Crippen LogP) is 1.68. The molecule has 1 rings (SSSR count). The predicted molar refractivity (Wildman–Crippen MR) is 54.0 cm³/mol. The second-order valence-corrected chi connectivity index (χ2v) is 2.85. The van der Waals surface area contributed by atoms with Crippen molar-refractivity contribution in [2.24, 2.45) is 5.73 Å². The van der Waals surface area contributed by atoms with Crippen LogP contribution in [0.2, 0.25) is 0 Å². The Hall–Kier alpha value is -1.44. The maximum atomic E-state index is 5.27. The summed E-state index contributed by atoms with van der Waals surface area (Å²) in [7, 11) is 4.04. The van der Waals surface area contributed by atoms with Crippen molar-refractivity contribution in [3.05, 3.63) is 36.0 Å². The van der Waals surface area contributed by atoms with Crippen molar-refractivity contribution in [2.45, 2.75) is 0 Å². The van der Waals surface area contributed by atoms with Gasteiger partial charge in [0.15, 0.2) is 0 Å². The smallest absolute Gasteiger partial charge is 0.0361 e. The third kappa shape index (κ3) is 2.02. The molecular weight excluding hydrogens is 148 g/mol. The topological polar surface area (TPSA) is 29.3 Å². The lowest BCUT2D eigenvalue weighted by Gasteiger charge is -2.11. The molecule has 2 N–H and O–H groups in total. The zero-order valence-corrected chi connectivity index (χ0v) is 7.49. The zero-order chi connectivity index (χ0) is 8.97. The van der Waals surface area contributed by atoms with Gasteiger partial charge in [-0.1, -0.05) is 12.1 Å². The first-order valence-electron chi connectivity index (χ1n) is 3.89. The molecule has 0 saturated carbocycles. The molecule has 0 aliphatic rings. The largest absolute Gasteiger partial charge is 0.405 e. The Morgan fingerprint density at radius 3 is 2.17 bits per heavy atom. The van der Waals surface area contributed by atoms with Crippen molar-refractivity contribution >= 4 is 11.8 Å². The molecule has 0 fully saturated rings. The van der Waals surface area contributed by atoms with Crippen LogP contribution in [0.1, 0.15) is 5.56 Å². The van der Waals surface area contributed by atoms with Crippen molar-refractivity contribution in [3.63, 3.8) is 0 Å². The van der Waals surface area contributed by atoms with Crippen LogP contribution in [-0.2, 0) is 0 Å². The Kier molecular flexibility index (Phi) is 2.75. The maximum Gasteiger partial charge on any atom is 0.0361 e. The van der Waals surface area contributed by atoms with E-state index < -0.39 is 0 Å². The van der Waals surface area contributed by atoms with Gasteiger partial charge in [0.25, 0.3) is 0 Å². The van der Waals surface area contributed by atoms with E-state index in [0.29, 0.717) is 0 Å². The molecule has 0 spiro atoms.